The van der Waals surface area contributed by atoms with E-state index in [9.17, 15) is 0 Å². The predicted octanol–water partition coefficient (Wildman–Crippen LogP) is 13.6. The molecule has 2 nitrogen and oxygen atoms in total. The van der Waals surface area contributed by atoms with Crippen LogP contribution in [-0.4, -0.2) is 4.98 Å². The average molecular weight is 648 g/mol. The fourth-order valence-corrected chi connectivity index (χ4v) is 8.10. The molecule has 2 heterocycles. The predicted molar refractivity (Wildman–Crippen MR) is 213 cm³/mol. The van der Waals surface area contributed by atoms with Crippen LogP contribution in [0.4, 0.5) is 0 Å². The van der Waals surface area contributed by atoms with E-state index >= 15 is 0 Å². The third-order valence-corrected chi connectivity index (χ3v) is 10.6. The van der Waals surface area contributed by atoms with Gasteiger partial charge < -0.3 is 4.42 Å². The van der Waals surface area contributed by atoms with Crippen molar-refractivity contribution in [3.8, 4) is 67.0 Å². The smallest absolute Gasteiger partial charge is 0.143 e. The molecule has 0 radical (unpaired) electrons. The third-order valence-electron chi connectivity index (χ3n) is 10.6. The maximum Gasteiger partial charge on any atom is 0.143 e. The van der Waals surface area contributed by atoms with Crippen LogP contribution in [0.3, 0.4) is 0 Å². The topological polar surface area (TPSA) is 26.0 Å². The van der Waals surface area contributed by atoms with E-state index in [1.54, 1.807) is 0 Å². The quantitative estimate of drug-likeness (QED) is 0.190. The number of fused-ring (bicyclic) bond motifs is 8. The molecule has 1 aliphatic rings. The second-order valence-electron chi connectivity index (χ2n) is 13.5. The monoisotopic (exact) mass is 647 g/mol. The summed E-state index contributed by atoms with van der Waals surface area (Å²) in [6.45, 7) is 0. The minimum atomic E-state index is 0.926. The zero-order valence-corrected chi connectivity index (χ0v) is 27.6. The highest BCUT2D eigenvalue weighted by molar-refractivity contribution is 6.23. The van der Waals surface area contributed by atoms with Crippen LogP contribution in [0.5, 0.6) is 0 Å². The number of furan rings is 1. The zero-order valence-electron chi connectivity index (χ0n) is 27.6. The van der Waals surface area contributed by atoms with Gasteiger partial charge in [-0.2, -0.15) is 0 Å². The van der Waals surface area contributed by atoms with Crippen LogP contribution in [0.25, 0.3) is 111 Å². The molecule has 0 saturated heterocycles. The summed E-state index contributed by atoms with van der Waals surface area (Å²) in [5.41, 5.74) is 15.6. The number of rotatable bonds is 4. The van der Waals surface area contributed by atoms with Gasteiger partial charge in [-0.25, -0.2) is 4.98 Å². The summed E-state index contributed by atoms with van der Waals surface area (Å²) in [6.07, 6.45) is 0. The van der Waals surface area contributed by atoms with Gasteiger partial charge in [0.1, 0.15) is 11.2 Å². The van der Waals surface area contributed by atoms with Gasteiger partial charge in [0.25, 0.3) is 0 Å². The Balaban J connectivity index is 1.04. The molecule has 0 saturated carbocycles. The van der Waals surface area contributed by atoms with Crippen LogP contribution in [-0.2, 0) is 0 Å². The molecule has 0 N–H and O–H groups in total. The molecule has 0 fully saturated rings. The highest BCUT2D eigenvalue weighted by atomic mass is 16.3. The Labute approximate surface area is 294 Å². The lowest BCUT2D eigenvalue weighted by Gasteiger charge is -2.12. The Bertz CT molecular complexity index is 3010. The molecule has 0 bridgehead atoms. The molecule has 0 amide bonds. The fraction of sp³-hybridized carbons (Fsp3) is 0. The largest absolute Gasteiger partial charge is 0.455 e. The first-order chi connectivity index (χ1) is 25.2. The molecule has 236 valence electrons. The highest BCUT2D eigenvalue weighted by Crippen LogP contribution is 2.52. The Hall–Kier alpha value is -6.77. The van der Waals surface area contributed by atoms with Crippen molar-refractivity contribution in [2.24, 2.45) is 0 Å². The van der Waals surface area contributed by atoms with Gasteiger partial charge in [0.05, 0.1) is 11.4 Å². The molecule has 1 aliphatic carbocycles. The molecule has 0 unspecified atom stereocenters. The van der Waals surface area contributed by atoms with Gasteiger partial charge in [0.15, 0.2) is 0 Å². The molecule has 2 heteroatoms. The van der Waals surface area contributed by atoms with E-state index in [0.717, 1.165) is 55.6 Å². The Kier molecular flexibility index (Phi) is 5.99. The summed E-state index contributed by atoms with van der Waals surface area (Å²) >= 11 is 0. The second kappa shape index (κ2) is 10.9. The number of hydrogen-bond acceptors (Lipinski definition) is 2. The van der Waals surface area contributed by atoms with E-state index in [4.69, 9.17) is 9.40 Å². The standard InChI is InChI=1S/C49H29NO/c1-2-10-33(11-3-1)44-28-38(29-45(50-44)35-22-21-30-9-4-5-12-34(30)25-35)32-19-17-31(18-20-32)37-26-36-13-8-15-40-41-23-24-42-39-14-6-7-16-46(39)51-49(42)48(41)43(27-37)47(36)40/h1-29H. The minimum Gasteiger partial charge on any atom is -0.455 e. The van der Waals surface area contributed by atoms with E-state index in [0.29, 0.717) is 0 Å². The lowest BCUT2D eigenvalue weighted by molar-refractivity contribution is 0.670. The van der Waals surface area contributed by atoms with Crippen molar-refractivity contribution in [2.75, 3.05) is 0 Å². The van der Waals surface area contributed by atoms with Crippen molar-refractivity contribution < 1.29 is 4.42 Å². The normalized spacial score (nSPS) is 11.9. The van der Waals surface area contributed by atoms with Crippen molar-refractivity contribution in [1.29, 1.82) is 0 Å². The van der Waals surface area contributed by atoms with E-state index < -0.39 is 0 Å². The summed E-state index contributed by atoms with van der Waals surface area (Å²) in [6, 6.07) is 63.2. The maximum absolute atomic E-state index is 6.57. The van der Waals surface area contributed by atoms with Crippen molar-refractivity contribution in [3.63, 3.8) is 0 Å². The van der Waals surface area contributed by atoms with Crippen molar-refractivity contribution in [2.45, 2.75) is 0 Å². The number of hydrogen-bond donors (Lipinski definition) is 0. The van der Waals surface area contributed by atoms with Gasteiger partial charge in [0, 0.05) is 27.5 Å². The van der Waals surface area contributed by atoms with Crippen LogP contribution in [0, 0.1) is 0 Å². The average Bonchev–Trinajstić information content (AvgIpc) is 3.74. The van der Waals surface area contributed by atoms with E-state index in [1.807, 2.05) is 12.1 Å². The Morgan fingerprint density at radius 3 is 1.86 bits per heavy atom. The number of aromatic nitrogens is 1. The molecule has 0 spiro atoms. The molecule has 0 atom stereocenters. The number of nitrogens with zero attached hydrogens (tertiary/aromatic N) is 1. The summed E-state index contributed by atoms with van der Waals surface area (Å²) in [4.78, 5) is 5.17. The first-order valence-electron chi connectivity index (χ1n) is 17.4. The van der Waals surface area contributed by atoms with Crippen molar-refractivity contribution >= 4 is 43.5 Å². The zero-order chi connectivity index (χ0) is 33.5. The third kappa shape index (κ3) is 4.40. The molecular weight excluding hydrogens is 619 g/mol. The summed E-state index contributed by atoms with van der Waals surface area (Å²) in [5, 5.41) is 7.30. The van der Waals surface area contributed by atoms with Gasteiger partial charge in [-0.05, 0) is 103 Å². The SMILES string of the molecule is c1ccc(-c2cc(-c3ccc(-c4cc5c6c(cccc6c4)-c4ccc6c(oc7ccccc76)c4-5)cc3)cc(-c3ccc4ccccc4c3)n2)cc1. The second-order valence-corrected chi connectivity index (χ2v) is 13.5. The van der Waals surface area contributed by atoms with Crippen LogP contribution >= 0.6 is 0 Å². The first kappa shape index (κ1) is 28.1. The van der Waals surface area contributed by atoms with E-state index in [1.165, 1.54) is 54.9 Å². The summed E-state index contributed by atoms with van der Waals surface area (Å²) < 4.78 is 6.57. The lowest BCUT2D eigenvalue weighted by Crippen LogP contribution is -1.91. The number of benzene rings is 8. The van der Waals surface area contributed by atoms with E-state index in [-0.39, 0.29) is 0 Å². The van der Waals surface area contributed by atoms with Crippen LogP contribution in [0.1, 0.15) is 0 Å². The molecule has 8 aromatic carbocycles. The van der Waals surface area contributed by atoms with Gasteiger partial charge in [-0.15, -0.1) is 0 Å². The van der Waals surface area contributed by atoms with E-state index in [2.05, 4.69) is 164 Å². The van der Waals surface area contributed by atoms with Gasteiger partial charge in [-0.3, -0.25) is 0 Å². The maximum atomic E-state index is 6.57. The summed E-state index contributed by atoms with van der Waals surface area (Å²) in [5.74, 6) is 0. The Morgan fingerprint density at radius 2 is 1.02 bits per heavy atom. The highest BCUT2D eigenvalue weighted by Gasteiger charge is 2.26. The summed E-state index contributed by atoms with van der Waals surface area (Å²) in [7, 11) is 0. The fourth-order valence-electron chi connectivity index (χ4n) is 8.10. The Morgan fingerprint density at radius 1 is 0.353 bits per heavy atom. The first-order valence-corrected chi connectivity index (χ1v) is 17.4. The van der Waals surface area contributed by atoms with Gasteiger partial charge in [-0.1, -0.05) is 133 Å². The molecule has 11 rings (SSSR count). The lowest BCUT2D eigenvalue weighted by atomic mass is 9.94. The number of para-hydroxylation sites is 1. The van der Waals surface area contributed by atoms with Gasteiger partial charge >= 0.3 is 0 Å². The van der Waals surface area contributed by atoms with Crippen LogP contribution < -0.4 is 0 Å². The number of pyridine rings is 1. The molecule has 0 aliphatic heterocycles. The minimum absolute atomic E-state index is 0.926. The molecule has 51 heavy (non-hydrogen) atoms. The van der Waals surface area contributed by atoms with Crippen molar-refractivity contribution in [1.82, 2.24) is 4.98 Å². The van der Waals surface area contributed by atoms with Crippen LogP contribution in [0.15, 0.2) is 180 Å². The van der Waals surface area contributed by atoms with Gasteiger partial charge in [0.2, 0.25) is 0 Å². The molecule has 2 aromatic heterocycles. The molecule has 10 aromatic rings. The van der Waals surface area contributed by atoms with Crippen LogP contribution in [0.2, 0.25) is 0 Å². The van der Waals surface area contributed by atoms with Crippen molar-refractivity contribution in [3.05, 3.63) is 176 Å². The molecular formula is C49H29NO.